The highest BCUT2D eigenvalue weighted by Gasteiger charge is 2.30. The van der Waals surface area contributed by atoms with Crippen molar-refractivity contribution in [2.75, 3.05) is 0 Å². The first-order chi connectivity index (χ1) is 10.6. The molecule has 0 spiro atoms. The molecule has 0 unspecified atom stereocenters. The predicted molar refractivity (Wildman–Crippen MR) is 85.3 cm³/mol. The van der Waals surface area contributed by atoms with Crippen LogP contribution in [0.4, 0.5) is 5.69 Å². The summed E-state index contributed by atoms with van der Waals surface area (Å²) in [6.45, 7) is 4.26. The van der Waals surface area contributed by atoms with Crippen molar-refractivity contribution >= 4 is 5.69 Å². The van der Waals surface area contributed by atoms with Crippen LogP contribution in [0.25, 0.3) is 0 Å². The Kier molecular flexibility index (Phi) is 3.84. The van der Waals surface area contributed by atoms with E-state index < -0.39 is 0 Å². The number of nitro groups is 1. The van der Waals surface area contributed by atoms with Gasteiger partial charge in [-0.05, 0) is 49.8 Å². The van der Waals surface area contributed by atoms with Gasteiger partial charge in [-0.15, -0.1) is 0 Å². The van der Waals surface area contributed by atoms with Crippen molar-refractivity contribution in [2.45, 2.75) is 39.2 Å². The molecule has 4 heteroatoms. The minimum atomic E-state index is -0.313. The number of hydrogen-bond acceptors (Lipinski definition) is 3. The minimum Gasteiger partial charge on any atom is -0.488 e. The molecule has 0 N–H and O–H groups in total. The fraction of sp³-hybridized carbons (Fsp3) is 0.333. The van der Waals surface area contributed by atoms with E-state index in [9.17, 15) is 10.1 Å². The third kappa shape index (κ3) is 2.96. The molecule has 1 fully saturated rings. The maximum absolute atomic E-state index is 11.3. The number of benzene rings is 2. The van der Waals surface area contributed by atoms with E-state index >= 15 is 0 Å². The number of aryl methyl sites for hydroxylation is 2. The summed E-state index contributed by atoms with van der Waals surface area (Å²) in [5.74, 6) is 1.24. The van der Waals surface area contributed by atoms with Crippen LogP contribution < -0.4 is 4.74 Å². The van der Waals surface area contributed by atoms with Gasteiger partial charge >= 0.3 is 0 Å². The van der Waals surface area contributed by atoms with Gasteiger partial charge in [0, 0.05) is 6.07 Å². The number of nitrogens with zero attached hydrogens (tertiary/aromatic N) is 1. The van der Waals surface area contributed by atoms with Gasteiger partial charge in [0.2, 0.25) is 0 Å². The van der Waals surface area contributed by atoms with Gasteiger partial charge < -0.3 is 4.74 Å². The molecule has 0 saturated heterocycles. The number of rotatable bonds is 5. The van der Waals surface area contributed by atoms with E-state index in [-0.39, 0.29) is 17.2 Å². The van der Waals surface area contributed by atoms with Gasteiger partial charge in [0.1, 0.15) is 12.4 Å². The van der Waals surface area contributed by atoms with Crippen LogP contribution in [0.3, 0.4) is 0 Å². The lowest BCUT2D eigenvalue weighted by Gasteiger charge is -2.13. The third-order valence-electron chi connectivity index (χ3n) is 4.10. The summed E-state index contributed by atoms with van der Waals surface area (Å²) in [6, 6.07) is 11.3. The van der Waals surface area contributed by atoms with E-state index in [1.54, 1.807) is 12.1 Å². The smallest absolute Gasteiger partial charge is 0.276 e. The molecule has 0 heterocycles. The number of ether oxygens (including phenoxy) is 1. The largest absolute Gasteiger partial charge is 0.488 e. The fourth-order valence-corrected chi connectivity index (χ4v) is 2.81. The number of hydrogen-bond donors (Lipinski definition) is 0. The Labute approximate surface area is 129 Å². The normalized spacial score (nSPS) is 13.9. The third-order valence-corrected chi connectivity index (χ3v) is 4.10. The Hall–Kier alpha value is -2.36. The van der Waals surface area contributed by atoms with Crippen LogP contribution in [-0.2, 0) is 6.61 Å². The van der Waals surface area contributed by atoms with E-state index in [2.05, 4.69) is 6.07 Å². The second-order valence-electron chi connectivity index (χ2n) is 5.93. The Morgan fingerprint density at radius 2 is 2.00 bits per heavy atom. The lowest BCUT2D eigenvalue weighted by atomic mass is 10.0. The second kappa shape index (κ2) is 5.79. The molecule has 2 aromatic rings. The van der Waals surface area contributed by atoms with Crippen molar-refractivity contribution in [2.24, 2.45) is 0 Å². The highest BCUT2D eigenvalue weighted by Crippen LogP contribution is 2.43. The van der Waals surface area contributed by atoms with E-state index in [4.69, 9.17) is 4.74 Å². The molecule has 0 bridgehead atoms. The Morgan fingerprint density at radius 1 is 1.23 bits per heavy atom. The van der Waals surface area contributed by atoms with Gasteiger partial charge in [-0.25, -0.2) is 0 Å². The summed E-state index contributed by atoms with van der Waals surface area (Å²) in [6.07, 6.45) is 2.22. The highest BCUT2D eigenvalue weighted by molar-refractivity contribution is 5.48. The molecule has 3 rings (SSSR count). The van der Waals surface area contributed by atoms with Crippen molar-refractivity contribution in [1.82, 2.24) is 0 Å². The molecule has 4 nitrogen and oxygen atoms in total. The standard InChI is InChI=1S/C18H19NO3/c1-12-6-9-18(13(2)10-12)22-11-16-15(14-7-8-14)4-3-5-17(16)19(20)21/h3-6,9-10,14H,7-8,11H2,1-2H3. The minimum absolute atomic E-state index is 0.161. The van der Waals surface area contributed by atoms with E-state index in [1.165, 1.54) is 5.56 Å². The average Bonchev–Trinajstić information content (AvgIpc) is 3.30. The summed E-state index contributed by atoms with van der Waals surface area (Å²) in [4.78, 5) is 11.0. The lowest BCUT2D eigenvalue weighted by molar-refractivity contribution is -0.385. The highest BCUT2D eigenvalue weighted by atomic mass is 16.6. The van der Waals surface area contributed by atoms with E-state index in [0.717, 1.165) is 35.3 Å². The average molecular weight is 297 g/mol. The van der Waals surface area contributed by atoms with Crippen molar-refractivity contribution < 1.29 is 9.66 Å². The van der Waals surface area contributed by atoms with Crippen molar-refractivity contribution in [3.63, 3.8) is 0 Å². The number of nitro benzene ring substituents is 1. The Balaban J connectivity index is 1.89. The molecular weight excluding hydrogens is 278 g/mol. The molecule has 1 aliphatic carbocycles. The van der Waals surface area contributed by atoms with Gasteiger partial charge in [-0.1, -0.05) is 29.8 Å². The van der Waals surface area contributed by atoms with Crippen LogP contribution in [-0.4, -0.2) is 4.92 Å². The lowest BCUT2D eigenvalue weighted by Crippen LogP contribution is -2.05. The van der Waals surface area contributed by atoms with E-state index in [0.29, 0.717) is 5.92 Å². The topological polar surface area (TPSA) is 52.4 Å². The second-order valence-corrected chi connectivity index (χ2v) is 5.93. The zero-order valence-corrected chi connectivity index (χ0v) is 12.8. The van der Waals surface area contributed by atoms with Crippen LogP contribution in [0, 0.1) is 24.0 Å². The molecule has 22 heavy (non-hydrogen) atoms. The first-order valence-electron chi connectivity index (χ1n) is 7.52. The summed E-state index contributed by atoms with van der Waals surface area (Å²) in [5, 5.41) is 11.3. The van der Waals surface area contributed by atoms with E-state index in [1.807, 2.05) is 32.0 Å². The van der Waals surface area contributed by atoms with Gasteiger partial charge in [0.25, 0.3) is 5.69 Å². The molecule has 114 valence electrons. The van der Waals surface area contributed by atoms with Crippen LogP contribution in [0.2, 0.25) is 0 Å². The Morgan fingerprint density at radius 3 is 2.64 bits per heavy atom. The first-order valence-corrected chi connectivity index (χ1v) is 7.52. The van der Waals surface area contributed by atoms with Gasteiger partial charge in [0.05, 0.1) is 10.5 Å². The van der Waals surface area contributed by atoms with Crippen LogP contribution in [0.5, 0.6) is 5.75 Å². The molecule has 1 aliphatic rings. The van der Waals surface area contributed by atoms with Crippen molar-refractivity contribution in [1.29, 1.82) is 0 Å². The quantitative estimate of drug-likeness (QED) is 0.595. The van der Waals surface area contributed by atoms with Crippen LogP contribution in [0.15, 0.2) is 36.4 Å². The molecule has 0 atom stereocenters. The fourth-order valence-electron chi connectivity index (χ4n) is 2.81. The summed E-state index contributed by atoms with van der Waals surface area (Å²) in [7, 11) is 0. The van der Waals surface area contributed by atoms with Gasteiger partial charge in [-0.3, -0.25) is 10.1 Å². The zero-order chi connectivity index (χ0) is 15.7. The summed E-state index contributed by atoms with van der Waals surface area (Å²) >= 11 is 0. The maximum Gasteiger partial charge on any atom is 0.276 e. The Bertz CT molecular complexity index is 720. The zero-order valence-electron chi connectivity index (χ0n) is 12.8. The predicted octanol–water partition coefficient (Wildman–Crippen LogP) is 4.67. The molecule has 0 radical (unpaired) electrons. The van der Waals surface area contributed by atoms with Gasteiger partial charge in [-0.2, -0.15) is 0 Å². The monoisotopic (exact) mass is 297 g/mol. The molecule has 0 amide bonds. The SMILES string of the molecule is Cc1ccc(OCc2c(C3CC3)cccc2[N+](=O)[O-])c(C)c1. The first kappa shape index (κ1) is 14.6. The summed E-state index contributed by atoms with van der Waals surface area (Å²) < 4.78 is 5.88. The molecule has 2 aromatic carbocycles. The van der Waals surface area contributed by atoms with Crippen molar-refractivity contribution in [3.8, 4) is 5.75 Å². The molecule has 0 aromatic heterocycles. The summed E-state index contributed by atoms with van der Waals surface area (Å²) in [5.41, 5.74) is 4.17. The van der Waals surface area contributed by atoms with Crippen LogP contribution in [0.1, 0.15) is 41.0 Å². The molecular formula is C18H19NO3. The van der Waals surface area contributed by atoms with Gasteiger partial charge in [0.15, 0.2) is 0 Å². The van der Waals surface area contributed by atoms with Crippen molar-refractivity contribution in [3.05, 3.63) is 68.8 Å². The van der Waals surface area contributed by atoms with Crippen LogP contribution >= 0.6 is 0 Å². The maximum atomic E-state index is 11.3. The molecule has 1 saturated carbocycles. The molecule has 0 aliphatic heterocycles.